The molecule has 0 saturated heterocycles. The van der Waals surface area contributed by atoms with Crippen LogP contribution in [0.1, 0.15) is 5.89 Å². The van der Waals surface area contributed by atoms with Crippen molar-refractivity contribution in [2.24, 2.45) is 0 Å². The summed E-state index contributed by atoms with van der Waals surface area (Å²) >= 11 is 1.66. The Labute approximate surface area is 170 Å². The normalized spacial score (nSPS) is 11.0. The van der Waals surface area contributed by atoms with Gasteiger partial charge in [-0.2, -0.15) is 10.1 Å². The van der Waals surface area contributed by atoms with Gasteiger partial charge < -0.3 is 4.52 Å². The fraction of sp³-hybridized carbons (Fsp3) is 0.143. The first-order valence-electron chi connectivity index (χ1n) is 8.93. The van der Waals surface area contributed by atoms with Gasteiger partial charge in [0.25, 0.3) is 5.56 Å². The van der Waals surface area contributed by atoms with Crippen molar-refractivity contribution in [1.82, 2.24) is 19.9 Å². The number of aromatic nitrogens is 4. The lowest BCUT2D eigenvalue weighted by Gasteiger charge is -2.06. The number of aryl methyl sites for hydroxylation is 2. The molecule has 0 amide bonds. The van der Waals surface area contributed by atoms with Gasteiger partial charge in [0.1, 0.15) is 5.82 Å². The topological polar surface area (TPSA) is 73.8 Å². The van der Waals surface area contributed by atoms with Gasteiger partial charge in [-0.1, -0.05) is 5.16 Å². The lowest BCUT2D eigenvalue weighted by Crippen LogP contribution is -2.23. The van der Waals surface area contributed by atoms with Crippen LogP contribution in [-0.4, -0.2) is 26.2 Å². The van der Waals surface area contributed by atoms with Crippen molar-refractivity contribution < 1.29 is 8.91 Å². The molecule has 0 bridgehead atoms. The largest absolute Gasteiger partial charge is 0.339 e. The number of benzene rings is 2. The highest BCUT2D eigenvalue weighted by Crippen LogP contribution is 2.21. The summed E-state index contributed by atoms with van der Waals surface area (Å²) < 4.78 is 19.8. The number of hydrogen-bond donors (Lipinski definition) is 0. The van der Waals surface area contributed by atoms with Crippen molar-refractivity contribution in [3.8, 4) is 22.6 Å². The van der Waals surface area contributed by atoms with E-state index in [4.69, 9.17) is 4.52 Å². The summed E-state index contributed by atoms with van der Waals surface area (Å²) in [5, 5.41) is 8.37. The van der Waals surface area contributed by atoms with E-state index in [1.54, 1.807) is 30.0 Å². The predicted octanol–water partition coefficient (Wildman–Crippen LogP) is 4.06. The van der Waals surface area contributed by atoms with Gasteiger partial charge in [0.05, 0.1) is 12.2 Å². The standard InChI is InChI=1S/C21H17FN4O2S/c1-29-17-8-4-15(5-9-17)21-23-19(28-25-21)12-13-26-20(27)11-10-18(24-26)14-2-6-16(22)7-3-14/h2-11H,12-13H2,1H3. The molecule has 4 aromatic rings. The molecular formula is C21H17FN4O2S. The number of thioether (sulfide) groups is 1. The molecule has 146 valence electrons. The van der Waals surface area contributed by atoms with Gasteiger partial charge in [-0.15, -0.1) is 11.8 Å². The second-order valence-electron chi connectivity index (χ2n) is 6.28. The van der Waals surface area contributed by atoms with Crippen LogP contribution in [0.4, 0.5) is 4.39 Å². The number of rotatable bonds is 6. The fourth-order valence-corrected chi connectivity index (χ4v) is 3.21. The van der Waals surface area contributed by atoms with Crippen molar-refractivity contribution in [1.29, 1.82) is 0 Å². The van der Waals surface area contributed by atoms with Crippen LogP contribution >= 0.6 is 11.8 Å². The van der Waals surface area contributed by atoms with Crippen LogP contribution in [0.5, 0.6) is 0 Å². The van der Waals surface area contributed by atoms with Gasteiger partial charge in [-0.05, 0) is 60.9 Å². The Hall–Kier alpha value is -3.26. The third-order valence-corrected chi connectivity index (χ3v) is 5.10. The van der Waals surface area contributed by atoms with E-state index in [-0.39, 0.29) is 11.4 Å². The van der Waals surface area contributed by atoms with E-state index >= 15 is 0 Å². The highest BCUT2D eigenvalue weighted by Gasteiger charge is 2.10. The van der Waals surface area contributed by atoms with Crippen LogP contribution in [-0.2, 0) is 13.0 Å². The van der Waals surface area contributed by atoms with Crippen LogP contribution in [0, 0.1) is 5.82 Å². The van der Waals surface area contributed by atoms with Gasteiger partial charge in [-0.25, -0.2) is 9.07 Å². The van der Waals surface area contributed by atoms with Crippen LogP contribution in [0.25, 0.3) is 22.6 Å². The number of nitrogens with zero attached hydrogens (tertiary/aromatic N) is 4. The van der Waals surface area contributed by atoms with Gasteiger partial charge in [0.2, 0.25) is 11.7 Å². The molecule has 0 spiro atoms. The third kappa shape index (κ3) is 4.43. The number of hydrogen-bond acceptors (Lipinski definition) is 6. The molecule has 2 aromatic carbocycles. The summed E-state index contributed by atoms with van der Waals surface area (Å²) in [5.41, 5.74) is 1.95. The zero-order valence-corrected chi connectivity index (χ0v) is 16.4. The van der Waals surface area contributed by atoms with Gasteiger partial charge >= 0.3 is 0 Å². The van der Waals surface area contributed by atoms with Gasteiger partial charge in [0, 0.05) is 28.5 Å². The molecule has 6 nitrogen and oxygen atoms in total. The minimum absolute atomic E-state index is 0.233. The maximum Gasteiger partial charge on any atom is 0.266 e. The minimum atomic E-state index is -0.322. The molecular weight excluding hydrogens is 391 g/mol. The van der Waals surface area contributed by atoms with Crippen LogP contribution in [0.2, 0.25) is 0 Å². The zero-order valence-electron chi connectivity index (χ0n) is 15.6. The molecule has 0 atom stereocenters. The summed E-state index contributed by atoms with van der Waals surface area (Å²) in [6, 6.07) is 16.9. The Kier molecular flexibility index (Phi) is 5.53. The van der Waals surface area contributed by atoms with E-state index in [0.717, 1.165) is 16.0 Å². The summed E-state index contributed by atoms with van der Waals surface area (Å²) in [4.78, 5) is 17.7. The minimum Gasteiger partial charge on any atom is -0.339 e. The van der Waals surface area contributed by atoms with Gasteiger partial charge in [-0.3, -0.25) is 4.79 Å². The van der Waals surface area contributed by atoms with E-state index in [0.29, 0.717) is 30.4 Å². The highest BCUT2D eigenvalue weighted by atomic mass is 32.2. The molecule has 29 heavy (non-hydrogen) atoms. The van der Waals surface area contributed by atoms with Crippen molar-refractivity contribution in [3.05, 3.63) is 82.7 Å². The average molecular weight is 408 g/mol. The van der Waals surface area contributed by atoms with E-state index < -0.39 is 0 Å². The second kappa shape index (κ2) is 8.40. The Morgan fingerprint density at radius 1 is 1.00 bits per heavy atom. The first kappa shape index (κ1) is 19.1. The van der Waals surface area contributed by atoms with Crippen LogP contribution in [0.3, 0.4) is 0 Å². The summed E-state index contributed by atoms with van der Waals surface area (Å²) in [6.45, 7) is 0.293. The Balaban J connectivity index is 1.49. The molecule has 0 saturated carbocycles. The monoisotopic (exact) mass is 408 g/mol. The van der Waals surface area contributed by atoms with Crippen LogP contribution < -0.4 is 5.56 Å². The smallest absolute Gasteiger partial charge is 0.266 e. The maximum absolute atomic E-state index is 13.1. The van der Waals surface area contributed by atoms with Crippen LogP contribution in [0.15, 0.2) is 74.9 Å². The van der Waals surface area contributed by atoms with E-state index in [9.17, 15) is 9.18 Å². The summed E-state index contributed by atoms with van der Waals surface area (Å²) in [5.74, 6) is 0.611. The number of halogens is 1. The second-order valence-corrected chi connectivity index (χ2v) is 7.16. The molecule has 4 rings (SSSR count). The maximum atomic E-state index is 13.1. The molecule has 0 N–H and O–H groups in total. The highest BCUT2D eigenvalue weighted by molar-refractivity contribution is 7.98. The molecule has 0 radical (unpaired) electrons. The molecule has 2 aromatic heterocycles. The zero-order chi connectivity index (χ0) is 20.2. The van der Waals surface area contributed by atoms with E-state index in [1.165, 1.54) is 22.9 Å². The predicted molar refractivity (Wildman–Crippen MR) is 109 cm³/mol. The molecule has 0 aliphatic heterocycles. The molecule has 0 fully saturated rings. The van der Waals surface area contributed by atoms with Gasteiger partial charge in [0.15, 0.2) is 0 Å². The quantitative estimate of drug-likeness (QED) is 0.448. The third-order valence-electron chi connectivity index (χ3n) is 4.36. The molecule has 0 unspecified atom stereocenters. The Morgan fingerprint density at radius 3 is 2.45 bits per heavy atom. The Bertz CT molecular complexity index is 1170. The first-order chi connectivity index (χ1) is 14.1. The summed E-state index contributed by atoms with van der Waals surface area (Å²) in [7, 11) is 0. The molecule has 0 aliphatic rings. The lowest BCUT2D eigenvalue weighted by molar-refractivity contribution is 0.368. The van der Waals surface area contributed by atoms with Crippen molar-refractivity contribution in [2.75, 3.05) is 6.26 Å². The van der Waals surface area contributed by atoms with Crippen molar-refractivity contribution >= 4 is 11.8 Å². The molecule has 8 heteroatoms. The molecule has 2 heterocycles. The van der Waals surface area contributed by atoms with E-state index in [2.05, 4.69) is 15.2 Å². The lowest BCUT2D eigenvalue weighted by atomic mass is 10.1. The van der Waals surface area contributed by atoms with Crippen molar-refractivity contribution in [2.45, 2.75) is 17.9 Å². The average Bonchev–Trinajstić information content (AvgIpc) is 3.23. The summed E-state index contributed by atoms with van der Waals surface area (Å²) in [6.07, 6.45) is 2.39. The first-order valence-corrected chi connectivity index (χ1v) is 10.2. The van der Waals surface area contributed by atoms with Crippen molar-refractivity contribution in [3.63, 3.8) is 0 Å². The SMILES string of the molecule is CSc1ccc(-c2noc(CCn3nc(-c4ccc(F)cc4)ccc3=O)n2)cc1. The van der Waals surface area contributed by atoms with E-state index in [1.807, 2.05) is 30.5 Å². The Morgan fingerprint density at radius 2 is 1.72 bits per heavy atom. The molecule has 0 aliphatic carbocycles. The fourth-order valence-electron chi connectivity index (χ4n) is 2.80.